The van der Waals surface area contributed by atoms with Crippen molar-refractivity contribution in [3.8, 4) is 11.5 Å². The van der Waals surface area contributed by atoms with Crippen molar-refractivity contribution in [3.63, 3.8) is 0 Å². The second-order valence-electron chi connectivity index (χ2n) is 6.03. The van der Waals surface area contributed by atoms with Gasteiger partial charge in [-0.25, -0.2) is 4.98 Å². The summed E-state index contributed by atoms with van der Waals surface area (Å²) in [6.07, 6.45) is 1.59. The van der Waals surface area contributed by atoms with Crippen molar-refractivity contribution in [1.29, 1.82) is 0 Å². The lowest BCUT2D eigenvalue weighted by molar-refractivity contribution is 0.355. The third-order valence-corrected chi connectivity index (χ3v) is 4.39. The molecule has 0 saturated heterocycles. The van der Waals surface area contributed by atoms with Crippen LogP contribution in [0.1, 0.15) is 11.4 Å². The van der Waals surface area contributed by atoms with Crippen LogP contribution in [0.5, 0.6) is 11.5 Å². The minimum Gasteiger partial charge on any atom is -0.493 e. The number of rotatable bonds is 4. The summed E-state index contributed by atoms with van der Waals surface area (Å²) in [7, 11) is 3.15. The quantitative estimate of drug-likeness (QED) is 0.566. The molecule has 2 heterocycles. The Morgan fingerprint density at radius 2 is 1.89 bits per heavy atom. The Morgan fingerprint density at radius 1 is 1.11 bits per heavy atom. The molecule has 0 spiro atoms. The first-order valence-electron chi connectivity index (χ1n) is 8.39. The number of H-pyrrole nitrogens is 1. The summed E-state index contributed by atoms with van der Waals surface area (Å²) in [5, 5.41) is 5.25. The molecule has 0 bridgehead atoms. The highest BCUT2D eigenvalue weighted by Gasteiger charge is 2.12. The predicted molar refractivity (Wildman–Crippen MR) is 105 cm³/mol. The average Bonchev–Trinajstić information content (AvgIpc) is 3.06. The first kappa shape index (κ1) is 16.8. The fourth-order valence-electron chi connectivity index (χ4n) is 3.05. The van der Waals surface area contributed by atoms with Crippen molar-refractivity contribution < 1.29 is 9.47 Å². The van der Waals surface area contributed by atoms with E-state index in [0.717, 1.165) is 16.5 Å². The molecule has 0 saturated carbocycles. The maximum atomic E-state index is 12.9. The van der Waals surface area contributed by atoms with Gasteiger partial charge in [-0.3, -0.25) is 4.79 Å². The van der Waals surface area contributed by atoms with Crippen molar-refractivity contribution in [1.82, 2.24) is 14.6 Å². The molecule has 4 aromatic rings. The fourth-order valence-corrected chi connectivity index (χ4v) is 3.05. The zero-order chi connectivity index (χ0) is 19.0. The van der Waals surface area contributed by atoms with Crippen LogP contribution in [0, 0.1) is 6.92 Å². The minimum absolute atomic E-state index is 0.245. The van der Waals surface area contributed by atoms with Gasteiger partial charge < -0.3 is 14.5 Å². The monoisotopic (exact) mass is 362 g/mol. The Morgan fingerprint density at radius 3 is 2.67 bits per heavy atom. The minimum atomic E-state index is -0.245. The summed E-state index contributed by atoms with van der Waals surface area (Å²) >= 11 is 0. The van der Waals surface area contributed by atoms with Crippen molar-refractivity contribution in [2.45, 2.75) is 6.92 Å². The summed E-state index contributed by atoms with van der Waals surface area (Å²) in [6, 6.07) is 13.1. The number of ether oxygens (including phenoxy) is 2. The Bertz CT molecular complexity index is 1240. The molecule has 0 fully saturated rings. The number of aromatic amines is 1. The smallest absolute Gasteiger partial charge is 0.298 e. The van der Waals surface area contributed by atoms with Crippen LogP contribution in [0.2, 0.25) is 0 Å². The third kappa shape index (κ3) is 2.83. The molecule has 27 heavy (non-hydrogen) atoms. The van der Waals surface area contributed by atoms with E-state index < -0.39 is 0 Å². The van der Waals surface area contributed by atoms with Crippen LogP contribution in [-0.4, -0.2) is 35.1 Å². The van der Waals surface area contributed by atoms with Gasteiger partial charge in [0.05, 0.1) is 20.4 Å². The summed E-state index contributed by atoms with van der Waals surface area (Å²) < 4.78 is 11.8. The number of nitrogens with zero attached hydrogens (tertiary/aromatic N) is 3. The van der Waals surface area contributed by atoms with Crippen LogP contribution >= 0.6 is 0 Å². The molecular formula is C20H18N4O3. The molecule has 0 aliphatic heterocycles. The molecule has 7 nitrogen and oxygen atoms in total. The number of aromatic nitrogens is 3. The molecule has 2 aromatic carbocycles. The molecule has 0 aliphatic carbocycles. The number of hydrogen-bond acceptors (Lipinski definition) is 5. The summed E-state index contributed by atoms with van der Waals surface area (Å²) in [4.78, 5) is 20.6. The Balaban J connectivity index is 1.81. The van der Waals surface area contributed by atoms with E-state index in [0.29, 0.717) is 28.4 Å². The molecule has 1 N–H and O–H groups in total. The summed E-state index contributed by atoms with van der Waals surface area (Å²) in [5.41, 5.74) is 2.50. The Labute approximate surface area is 154 Å². The van der Waals surface area contributed by atoms with Crippen LogP contribution in [0.25, 0.3) is 21.9 Å². The fraction of sp³-hybridized carbons (Fsp3) is 0.150. The normalized spacial score (nSPS) is 11.5. The average molecular weight is 362 g/mol. The highest BCUT2D eigenvalue weighted by atomic mass is 16.5. The maximum Gasteiger partial charge on any atom is 0.298 e. The molecule has 0 unspecified atom stereocenters. The van der Waals surface area contributed by atoms with Crippen LogP contribution in [-0.2, 0) is 0 Å². The highest BCUT2D eigenvalue weighted by Crippen LogP contribution is 2.27. The number of methoxy groups -OCH3 is 2. The molecule has 4 rings (SSSR count). The standard InChI is InChI=1S/C20H18N4O3/c1-12-22-18-14-6-4-5-7-15(14)23-19(18)20(25)24(12)21-11-13-8-9-16(26-2)17(10-13)27-3/h4-11,23H,1-3H3/b21-11+. The van der Waals surface area contributed by atoms with Crippen LogP contribution < -0.4 is 15.0 Å². The Hall–Kier alpha value is -3.61. The zero-order valence-corrected chi connectivity index (χ0v) is 15.2. The van der Waals surface area contributed by atoms with Crippen LogP contribution in [0.4, 0.5) is 0 Å². The van der Waals surface area contributed by atoms with Crippen molar-refractivity contribution in [2.75, 3.05) is 14.2 Å². The van der Waals surface area contributed by atoms with Gasteiger partial charge in [0.15, 0.2) is 11.5 Å². The van der Waals surface area contributed by atoms with Gasteiger partial charge in [-0.1, -0.05) is 18.2 Å². The van der Waals surface area contributed by atoms with Gasteiger partial charge in [-0.15, -0.1) is 0 Å². The molecular weight excluding hydrogens is 344 g/mol. The predicted octanol–water partition coefficient (Wildman–Crippen LogP) is 3.09. The topological polar surface area (TPSA) is 81.5 Å². The van der Waals surface area contributed by atoms with Crippen LogP contribution in [0.3, 0.4) is 0 Å². The molecule has 0 atom stereocenters. The lowest BCUT2D eigenvalue weighted by Crippen LogP contribution is -2.20. The second kappa shape index (κ2) is 6.60. The molecule has 136 valence electrons. The van der Waals surface area contributed by atoms with E-state index >= 15 is 0 Å². The van der Waals surface area contributed by atoms with Crippen molar-refractivity contribution >= 4 is 28.2 Å². The van der Waals surface area contributed by atoms with E-state index in [2.05, 4.69) is 15.1 Å². The van der Waals surface area contributed by atoms with Gasteiger partial charge in [-0.2, -0.15) is 9.78 Å². The number of hydrogen-bond donors (Lipinski definition) is 1. The molecule has 7 heteroatoms. The largest absolute Gasteiger partial charge is 0.493 e. The van der Waals surface area contributed by atoms with E-state index in [1.165, 1.54) is 4.68 Å². The van der Waals surface area contributed by atoms with Gasteiger partial charge in [0.1, 0.15) is 16.9 Å². The number of aryl methyl sites for hydroxylation is 1. The van der Waals surface area contributed by atoms with E-state index in [-0.39, 0.29) is 5.56 Å². The van der Waals surface area contributed by atoms with Crippen molar-refractivity contribution in [3.05, 3.63) is 64.2 Å². The van der Waals surface area contributed by atoms with E-state index in [9.17, 15) is 4.79 Å². The highest BCUT2D eigenvalue weighted by molar-refractivity contribution is 6.04. The van der Waals surface area contributed by atoms with Gasteiger partial charge >= 0.3 is 0 Å². The number of benzene rings is 2. The van der Waals surface area contributed by atoms with Crippen molar-refractivity contribution in [2.24, 2.45) is 5.10 Å². The number of para-hydroxylation sites is 1. The number of nitrogens with one attached hydrogen (secondary N) is 1. The zero-order valence-electron chi connectivity index (χ0n) is 15.2. The Kier molecular flexibility index (Phi) is 4.12. The number of fused-ring (bicyclic) bond motifs is 3. The van der Waals surface area contributed by atoms with Gasteiger partial charge in [0.25, 0.3) is 5.56 Å². The second-order valence-corrected chi connectivity index (χ2v) is 6.03. The first-order valence-corrected chi connectivity index (χ1v) is 8.39. The summed E-state index contributed by atoms with van der Waals surface area (Å²) in [6.45, 7) is 1.76. The molecule has 0 aliphatic rings. The SMILES string of the molecule is COc1ccc(/C=N/n2c(C)nc3c([nH]c4ccccc43)c2=O)cc1OC. The third-order valence-electron chi connectivity index (χ3n) is 4.39. The van der Waals surface area contributed by atoms with Gasteiger partial charge in [0.2, 0.25) is 0 Å². The first-order chi connectivity index (χ1) is 13.1. The molecule has 0 amide bonds. The van der Waals surface area contributed by atoms with Gasteiger partial charge in [0, 0.05) is 10.9 Å². The van der Waals surface area contributed by atoms with Crippen LogP contribution in [0.15, 0.2) is 52.4 Å². The van der Waals surface area contributed by atoms with E-state index in [1.807, 2.05) is 30.3 Å². The maximum absolute atomic E-state index is 12.9. The summed E-state index contributed by atoms with van der Waals surface area (Å²) in [5.74, 6) is 1.73. The van der Waals surface area contributed by atoms with Gasteiger partial charge in [-0.05, 0) is 36.8 Å². The lowest BCUT2D eigenvalue weighted by atomic mass is 10.2. The molecule has 0 radical (unpaired) electrons. The van der Waals surface area contributed by atoms with E-state index in [1.54, 1.807) is 39.5 Å². The lowest BCUT2D eigenvalue weighted by Gasteiger charge is -2.07. The van der Waals surface area contributed by atoms with E-state index in [4.69, 9.17) is 9.47 Å². The molecule has 2 aromatic heterocycles.